The molecule has 2 aliphatic rings. The van der Waals surface area contributed by atoms with Crippen LogP contribution in [0, 0.1) is 11.7 Å². The Balaban J connectivity index is 0.00000192. The first kappa shape index (κ1) is 18.5. The lowest BCUT2D eigenvalue weighted by Crippen LogP contribution is -2.45. The number of benzene rings is 1. The maximum atomic E-state index is 14.3. The fourth-order valence-corrected chi connectivity index (χ4v) is 3.11. The lowest BCUT2D eigenvalue weighted by Gasteiger charge is -2.35. The van der Waals surface area contributed by atoms with Gasteiger partial charge in [0.1, 0.15) is 5.82 Å². The highest BCUT2D eigenvalue weighted by molar-refractivity contribution is 5.85. The first-order valence-electron chi connectivity index (χ1n) is 7.76. The Morgan fingerprint density at radius 2 is 1.83 bits per heavy atom. The molecular weight excluding hydrogens is 332 g/mol. The first-order chi connectivity index (χ1) is 10.4. The molecule has 2 nitrogen and oxygen atoms in total. The van der Waals surface area contributed by atoms with E-state index >= 15 is 0 Å². The molecule has 1 heterocycles. The second-order valence-electron chi connectivity index (χ2n) is 6.21. The topological polar surface area (TPSA) is 15.3 Å². The molecule has 0 aromatic heterocycles. The molecular formula is C16H21ClF4N2. The number of hydrogen-bond donors (Lipinski definition) is 1. The average Bonchev–Trinajstić information content (AvgIpc) is 3.29. The van der Waals surface area contributed by atoms with Crippen LogP contribution in [-0.2, 0) is 6.18 Å². The summed E-state index contributed by atoms with van der Waals surface area (Å²) < 4.78 is 52.4. The predicted octanol–water partition coefficient (Wildman–Crippen LogP) is 4.01. The molecule has 0 unspecified atom stereocenters. The van der Waals surface area contributed by atoms with Crippen molar-refractivity contribution in [3.63, 3.8) is 0 Å². The Hall–Kier alpha value is -0.850. The van der Waals surface area contributed by atoms with Crippen molar-refractivity contribution in [3.05, 3.63) is 35.1 Å². The molecule has 1 aromatic rings. The van der Waals surface area contributed by atoms with Crippen LogP contribution in [0.25, 0.3) is 0 Å². The highest BCUT2D eigenvalue weighted by Gasteiger charge is 2.34. The zero-order valence-electron chi connectivity index (χ0n) is 12.7. The maximum absolute atomic E-state index is 14.3. The lowest BCUT2D eigenvalue weighted by atomic mass is 9.97. The summed E-state index contributed by atoms with van der Waals surface area (Å²) in [5.74, 6) is -0.152. The average molecular weight is 353 g/mol. The minimum absolute atomic E-state index is 0. The number of nitrogens with zero attached hydrogens (tertiary/aromatic N) is 1. The Bertz CT molecular complexity index is 525. The van der Waals surface area contributed by atoms with Gasteiger partial charge in [0.05, 0.1) is 5.56 Å². The van der Waals surface area contributed by atoms with Crippen molar-refractivity contribution in [3.8, 4) is 0 Å². The predicted molar refractivity (Wildman–Crippen MR) is 83.2 cm³/mol. The third kappa shape index (κ3) is 4.58. The van der Waals surface area contributed by atoms with E-state index in [1.807, 2.05) is 0 Å². The van der Waals surface area contributed by atoms with Gasteiger partial charge in [-0.05, 0) is 24.5 Å². The molecule has 23 heavy (non-hydrogen) atoms. The van der Waals surface area contributed by atoms with Gasteiger partial charge < -0.3 is 5.32 Å². The van der Waals surface area contributed by atoms with Crippen LogP contribution in [0.5, 0.6) is 0 Å². The summed E-state index contributed by atoms with van der Waals surface area (Å²) in [6.07, 6.45) is -1.38. The Morgan fingerprint density at radius 1 is 1.17 bits per heavy atom. The van der Waals surface area contributed by atoms with E-state index in [0.717, 1.165) is 51.5 Å². The number of piperazine rings is 1. The molecule has 0 bridgehead atoms. The third-order valence-corrected chi connectivity index (χ3v) is 4.53. The zero-order valence-corrected chi connectivity index (χ0v) is 13.5. The van der Waals surface area contributed by atoms with Crippen LogP contribution < -0.4 is 5.32 Å². The lowest BCUT2D eigenvalue weighted by molar-refractivity contribution is -0.137. The van der Waals surface area contributed by atoms with Gasteiger partial charge >= 0.3 is 6.18 Å². The largest absolute Gasteiger partial charge is 0.416 e. The Labute approximate surface area is 139 Å². The summed E-state index contributed by atoms with van der Waals surface area (Å²) in [7, 11) is 0. The van der Waals surface area contributed by atoms with E-state index in [-0.39, 0.29) is 18.4 Å². The fourth-order valence-electron chi connectivity index (χ4n) is 3.11. The summed E-state index contributed by atoms with van der Waals surface area (Å²) in [4.78, 5) is 2.19. The van der Waals surface area contributed by atoms with Crippen LogP contribution in [0.2, 0.25) is 0 Å². The van der Waals surface area contributed by atoms with Crippen molar-refractivity contribution in [1.82, 2.24) is 10.2 Å². The summed E-state index contributed by atoms with van der Waals surface area (Å²) in [6.45, 7) is 3.28. The molecule has 7 heteroatoms. The van der Waals surface area contributed by atoms with Crippen LogP contribution in [-0.4, -0.2) is 31.1 Å². The summed E-state index contributed by atoms with van der Waals surface area (Å²) in [5, 5.41) is 3.25. The normalized spacial score (nSPS) is 20.9. The van der Waals surface area contributed by atoms with Gasteiger partial charge in [-0.15, -0.1) is 12.4 Å². The van der Waals surface area contributed by atoms with E-state index in [0.29, 0.717) is 17.5 Å². The molecule has 1 atom stereocenters. The van der Waals surface area contributed by atoms with E-state index in [4.69, 9.17) is 0 Å². The Kier molecular flexibility index (Phi) is 5.92. The molecule has 1 saturated heterocycles. The Morgan fingerprint density at radius 3 is 2.35 bits per heavy atom. The quantitative estimate of drug-likeness (QED) is 0.824. The molecule has 1 N–H and O–H groups in total. The molecule has 1 saturated carbocycles. The van der Waals surface area contributed by atoms with Crippen molar-refractivity contribution < 1.29 is 17.6 Å². The molecule has 130 valence electrons. The van der Waals surface area contributed by atoms with Gasteiger partial charge in [0.2, 0.25) is 0 Å². The first-order valence-corrected chi connectivity index (χ1v) is 7.76. The monoisotopic (exact) mass is 352 g/mol. The van der Waals surface area contributed by atoms with Crippen LogP contribution in [0.15, 0.2) is 18.2 Å². The van der Waals surface area contributed by atoms with Crippen molar-refractivity contribution in [2.75, 3.05) is 26.2 Å². The zero-order chi connectivity index (χ0) is 15.7. The van der Waals surface area contributed by atoms with Gasteiger partial charge in [-0.1, -0.05) is 18.9 Å². The van der Waals surface area contributed by atoms with Crippen molar-refractivity contribution in [2.45, 2.75) is 31.5 Å². The van der Waals surface area contributed by atoms with Crippen LogP contribution in [0.1, 0.15) is 36.4 Å². The number of halogens is 5. The number of alkyl halides is 3. The summed E-state index contributed by atoms with van der Waals surface area (Å²) >= 11 is 0. The standard InChI is InChI=1S/C16H20F4N2.ClH/c17-14-10-12(16(18,19)20)3-4-13(14)15(9-11-1-2-11)22-7-5-21-6-8-22;/h3-4,10-11,15,21H,1-2,5-9H2;1H/t15-;/m0./s1. The van der Waals surface area contributed by atoms with Crippen LogP contribution >= 0.6 is 12.4 Å². The summed E-state index contributed by atoms with van der Waals surface area (Å²) in [5.41, 5.74) is -0.513. The van der Waals surface area contributed by atoms with Gasteiger partial charge in [-0.25, -0.2) is 4.39 Å². The van der Waals surface area contributed by atoms with Gasteiger partial charge in [-0.2, -0.15) is 13.2 Å². The van der Waals surface area contributed by atoms with Crippen LogP contribution in [0.4, 0.5) is 17.6 Å². The third-order valence-electron chi connectivity index (χ3n) is 4.53. The smallest absolute Gasteiger partial charge is 0.314 e. The van der Waals surface area contributed by atoms with Crippen molar-refractivity contribution in [2.24, 2.45) is 5.92 Å². The second kappa shape index (κ2) is 7.36. The fraction of sp³-hybridized carbons (Fsp3) is 0.625. The second-order valence-corrected chi connectivity index (χ2v) is 6.21. The molecule has 0 radical (unpaired) electrons. The van der Waals surface area contributed by atoms with E-state index < -0.39 is 17.6 Å². The highest BCUT2D eigenvalue weighted by atomic mass is 35.5. The number of rotatable bonds is 4. The molecule has 1 aliphatic carbocycles. The minimum Gasteiger partial charge on any atom is -0.314 e. The maximum Gasteiger partial charge on any atom is 0.416 e. The van der Waals surface area contributed by atoms with E-state index in [2.05, 4.69) is 10.2 Å². The van der Waals surface area contributed by atoms with Gasteiger partial charge in [-0.3, -0.25) is 4.90 Å². The molecule has 2 fully saturated rings. The summed E-state index contributed by atoms with van der Waals surface area (Å²) in [6, 6.07) is 2.85. The number of nitrogens with one attached hydrogen (secondary N) is 1. The van der Waals surface area contributed by atoms with E-state index in [1.165, 1.54) is 6.07 Å². The molecule has 3 rings (SSSR count). The van der Waals surface area contributed by atoms with Crippen molar-refractivity contribution >= 4 is 12.4 Å². The van der Waals surface area contributed by atoms with E-state index in [1.54, 1.807) is 0 Å². The van der Waals surface area contributed by atoms with Crippen LogP contribution in [0.3, 0.4) is 0 Å². The number of hydrogen-bond acceptors (Lipinski definition) is 2. The van der Waals surface area contributed by atoms with E-state index in [9.17, 15) is 17.6 Å². The van der Waals surface area contributed by atoms with Gasteiger partial charge in [0.25, 0.3) is 0 Å². The molecule has 1 aromatic carbocycles. The molecule has 0 amide bonds. The molecule has 0 spiro atoms. The SMILES string of the molecule is Cl.Fc1cc(C(F)(F)F)ccc1[C@H](CC1CC1)N1CCNCC1. The van der Waals surface area contributed by atoms with Gasteiger partial charge in [0.15, 0.2) is 0 Å². The van der Waals surface area contributed by atoms with Crippen molar-refractivity contribution in [1.29, 1.82) is 0 Å². The molecule has 1 aliphatic heterocycles. The van der Waals surface area contributed by atoms with Gasteiger partial charge in [0, 0.05) is 37.8 Å². The highest BCUT2D eigenvalue weighted by Crippen LogP contribution is 2.41. The minimum atomic E-state index is -4.50.